The quantitative estimate of drug-likeness (QED) is 0.360. The van der Waals surface area contributed by atoms with Crippen LogP contribution in [0.2, 0.25) is 0 Å². The van der Waals surface area contributed by atoms with Gasteiger partial charge in [-0.3, -0.25) is 0 Å². The first kappa shape index (κ1) is 20.4. The van der Waals surface area contributed by atoms with Gasteiger partial charge in [-0.25, -0.2) is 0 Å². The Hall–Kier alpha value is -3.92. The van der Waals surface area contributed by atoms with Crippen molar-refractivity contribution in [1.29, 1.82) is 0 Å². The van der Waals surface area contributed by atoms with Gasteiger partial charge in [-0.1, -0.05) is 24.3 Å². The SMILES string of the molecule is COc1ccc(Nc2ccc(-c3ccc(N(C)c4ccc(OC)cc4)cc3)cc2)cc1. The normalized spacial score (nSPS) is 10.4. The zero-order valence-electron chi connectivity index (χ0n) is 18.0. The molecule has 0 aliphatic heterocycles. The van der Waals surface area contributed by atoms with E-state index in [1.807, 2.05) is 36.4 Å². The average molecular weight is 411 g/mol. The Morgan fingerprint density at radius 3 is 1.32 bits per heavy atom. The molecule has 0 atom stereocenters. The first-order valence-corrected chi connectivity index (χ1v) is 10.2. The zero-order valence-corrected chi connectivity index (χ0v) is 18.0. The third-order valence-corrected chi connectivity index (χ3v) is 5.31. The number of hydrogen-bond acceptors (Lipinski definition) is 4. The minimum atomic E-state index is 0.849. The van der Waals surface area contributed by atoms with Crippen molar-refractivity contribution in [1.82, 2.24) is 0 Å². The predicted octanol–water partition coefficient (Wildman–Crippen LogP) is 6.88. The van der Waals surface area contributed by atoms with E-state index in [0.29, 0.717) is 0 Å². The molecule has 0 aliphatic carbocycles. The largest absolute Gasteiger partial charge is 0.497 e. The van der Waals surface area contributed by atoms with E-state index in [-0.39, 0.29) is 0 Å². The molecule has 0 bridgehead atoms. The summed E-state index contributed by atoms with van der Waals surface area (Å²) in [5.41, 5.74) is 6.68. The van der Waals surface area contributed by atoms with Crippen molar-refractivity contribution in [3.05, 3.63) is 97.1 Å². The van der Waals surface area contributed by atoms with Crippen LogP contribution in [0.5, 0.6) is 11.5 Å². The Bertz CT molecular complexity index is 1100. The number of benzene rings is 4. The number of ether oxygens (including phenoxy) is 2. The fourth-order valence-corrected chi connectivity index (χ4v) is 3.42. The summed E-state index contributed by atoms with van der Waals surface area (Å²) in [6.07, 6.45) is 0. The molecule has 4 nitrogen and oxygen atoms in total. The molecule has 156 valence electrons. The molecule has 0 fully saturated rings. The molecular formula is C27H26N2O2. The van der Waals surface area contributed by atoms with E-state index < -0.39 is 0 Å². The number of hydrogen-bond donors (Lipinski definition) is 1. The second-order valence-corrected chi connectivity index (χ2v) is 7.23. The Kier molecular flexibility index (Phi) is 6.08. The molecule has 0 saturated carbocycles. The third-order valence-electron chi connectivity index (χ3n) is 5.31. The van der Waals surface area contributed by atoms with Gasteiger partial charge in [0.15, 0.2) is 0 Å². The van der Waals surface area contributed by atoms with Gasteiger partial charge in [0.2, 0.25) is 0 Å². The van der Waals surface area contributed by atoms with Crippen LogP contribution >= 0.6 is 0 Å². The van der Waals surface area contributed by atoms with Crippen LogP contribution in [-0.2, 0) is 0 Å². The lowest BCUT2D eigenvalue weighted by Gasteiger charge is -2.20. The number of nitrogens with one attached hydrogen (secondary N) is 1. The fraction of sp³-hybridized carbons (Fsp3) is 0.111. The van der Waals surface area contributed by atoms with Gasteiger partial charge in [0.25, 0.3) is 0 Å². The highest BCUT2D eigenvalue weighted by Crippen LogP contribution is 2.29. The van der Waals surface area contributed by atoms with Crippen LogP contribution in [0.4, 0.5) is 22.7 Å². The molecule has 0 aliphatic rings. The minimum absolute atomic E-state index is 0.849. The van der Waals surface area contributed by atoms with Crippen molar-refractivity contribution in [3.63, 3.8) is 0 Å². The molecule has 0 unspecified atom stereocenters. The van der Waals surface area contributed by atoms with E-state index in [4.69, 9.17) is 9.47 Å². The van der Waals surface area contributed by atoms with Crippen LogP contribution in [-0.4, -0.2) is 21.3 Å². The molecule has 4 aromatic carbocycles. The number of methoxy groups -OCH3 is 2. The molecular weight excluding hydrogens is 384 g/mol. The number of anilines is 4. The molecule has 4 rings (SSSR count). The highest BCUT2D eigenvalue weighted by molar-refractivity contribution is 5.72. The van der Waals surface area contributed by atoms with Crippen LogP contribution in [0, 0.1) is 0 Å². The highest BCUT2D eigenvalue weighted by atomic mass is 16.5. The molecule has 0 spiro atoms. The first-order chi connectivity index (χ1) is 15.2. The summed E-state index contributed by atoms with van der Waals surface area (Å²) in [6, 6.07) is 33.0. The maximum absolute atomic E-state index is 5.24. The standard InChI is InChI=1S/C27H26N2O2/c1-29(25-14-18-27(31-3)19-15-25)24-12-6-21(7-13-24)20-4-8-22(9-5-20)28-23-10-16-26(30-2)17-11-23/h4-19,28H,1-3H3. The van der Waals surface area contributed by atoms with Crippen molar-refractivity contribution in [2.45, 2.75) is 0 Å². The van der Waals surface area contributed by atoms with E-state index >= 15 is 0 Å². The van der Waals surface area contributed by atoms with Crippen LogP contribution in [0.15, 0.2) is 97.1 Å². The summed E-state index contributed by atoms with van der Waals surface area (Å²) < 4.78 is 10.4. The molecule has 4 aromatic rings. The highest BCUT2D eigenvalue weighted by Gasteiger charge is 2.06. The van der Waals surface area contributed by atoms with Gasteiger partial charge in [0.1, 0.15) is 11.5 Å². The van der Waals surface area contributed by atoms with Gasteiger partial charge in [0.05, 0.1) is 14.2 Å². The Labute approximate surface area is 183 Å². The summed E-state index contributed by atoms with van der Waals surface area (Å²) in [7, 11) is 5.42. The average Bonchev–Trinajstić information content (AvgIpc) is 2.85. The fourth-order valence-electron chi connectivity index (χ4n) is 3.42. The van der Waals surface area contributed by atoms with Crippen LogP contribution in [0.3, 0.4) is 0 Å². The number of rotatable bonds is 7. The summed E-state index contributed by atoms with van der Waals surface area (Å²) >= 11 is 0. The topological polar surface area (TPSA) is 33.7 Å². The summed E-state index contributed by atoms with van der Waals surface area (Å²) in [4.78, 5) is 2.16. The molecule has 4 heteroatoms. The van der Waals surface area contributed by atoms with Crippen LogP contribution < -0.4 is 19.7 Å². The van der Waals surface area contributed by atoms with Crippen molar-refractivity contribution in [2.24, 2.45) is 0 Å². The summed E-state index contributed by atoms with van der Waals surface area (Å²) in [5, 5.41) is 3.41. The second kappa shape index (κ2) is 9.26. The maximum atomic E-state index is 5.24. The molecule has 0 radical (unpaired) electrons. The molecule has 0 heterocycles. The second-order valence-electron chi connectivity index (χ2n) is 7.23. The molecule has 31 heavy (non-hydrogen) atoms. The zero-order chi connectivity index (χ0) is 21.6. The van der Waals surface area contributed by atoms with Crippen molar-refractivity contribution < 1.29 is 9.47 Å². The minimum Gasteiger partial charge on any atom is -0.497 e. The Morgan fingerprint density at radius 1 is 0.516 bits per heavy atom. The van der Waals surface area contributed by atoms with Gasteiger partial charge in [-0.15, -0.1) is 0 Å². The Balaban J connectivity index is 1.44. The van der Waals surface area contributed by atoms with Gasteiger partial charge in [0, 0.05) is 29.8 Å². The van der Waals surface area contributed by atoms with E-state index in [0.717, 1.165) is 34.2 Å². The predicted molar refractivity (Wildman–Crippen MR) is 129 cm³/mol. The van der Waals surface area contributed by atoms with Crippen LogP contribution in [0.1, 0.15) is 0 Å². The van der Waals surface area contributed by atoms with Gasteiger partial charge >= 0.3 is 0 Å². The number of nitrogens with zero attached hydrogens (tertiary/aromatic N) is 1. The molecule has 0 aromatic heterocycles. The maximum Gasteiger partial charge on any atom is 0.119 e. The lowest BCUT2D eigenvalue weighted by molar-refractivity contribution is 0.415. The first-order valence-electron chi connectivity index (χ1n) is 10.2. The summed E-state index contributed by atoms with van der Waals surface area (Å²) in [5.74, 6) is 1.71. The Morgan fingerprint density at radius 2 is 0.871 bits per heavy atom. The van der Waals surface area contributed by atoms with Gasteiger partial charge in [-0.05, 0) is 83.9 Å². The van der Waals surface area contributed by atoms with E-state index in [2.05, 4.69) is 77.9 Å². The lowest BCUT2D eigenvalue weighted by Crippen LogP contribution is -2.08. The smallest absolute Gasteiger partial charge is 0.119 e. The van der Waals surface area contributed by atoms with Crippen molar-refractivity contribution in [3.8, 4) is 22.6 Å². The summed E-state index contributed by atoms with van der Waals surface area (Å²) in [6.45, 7) is 0. The molecule has 1 N–H and O–H groups in total. The van der Waals surface area contributed by atoms with Crippen molar-refractivity contribution >= 4 is 22.7 Å². The molecule has 0 amide bonds. The monoisotopic (exact) mass is 410 g/mol. The van der Waals surface area contributed by atoms with E-state index in [1.165, 1.54) is 11.1 Å². The van der Waals surface area contributed by atoms with Gasteiger partial charge < -0.3 is 19.7 Å². The third kappa shape index (κ3) is 4.81. The van der Waals surface area contributed by atoms with Crippen molar-refractivity contribution in [2.75, 3.05) is 31.5 Å². The van der Waals surface area contributed by atoms with Crippen LogP contribution in [0.25, 0.3) is 11.1 Å². The van der Waals surface area contributed by atoms with E-state index in [9.17, 15) is 0 Å². The lowest BCUT2D eigenvalue weighted by atomic mass is 10.0. The molecule has 0 saturated heterocycles. The van der Waals surface area contributed by atoms with Gasteiger partial charge in [-0.2, -0.15) is 0 Å². The van der Waals surface area contributed by atoms with E-state index in [1.54, 1.807) is 14.2 Å².